The summed E-state index contributed by atoms with van der Waals surface area (Å²) in [6.07, 6.45) is -0.971. The molecule has 1 aliphatic heterocycles. The van der Waals surface area contributed by atoms with E-state index >= 15 is 0 Å². The van der Waals surface area contributed by atoms with Gasteiger partial charge in [0.15, 0.2) is 10.7 Å². The summed E-state index contributed by atoms with van der Waals surface area (Å²) < 4.78 is 50.9. The highest BCUT2D eigenvalue weighted by molar-refractivity contribution is 7.90. The van der Waals surface area contributed by atoms with Crippen molar-refractivity contribution < 1.29 is 31.3 Å². The van der Waals surface area contributed by atoms with Crippen LogP contribution in [0.15, 0.2) is 32.6 Å². The van der Waals surface area contributed by atoms with Crippen LogP contribution < -0.4 is 15.2 Å². The van der Waals surface area contributed by atoms with Crippen molar-refractivity contribution >= 4 is 43.2 Å². The van der Waals surface area contributed by atoms with Crippen LogP contribution >= 0.6 is 11.6 Å². The summed E-state index contributed by atoms with van der Waals surface area (Å²) in [6.45, 7) is -0.312. The predicted octanol–water partition coefficient (Wildman–Crippen LogP) is -0.826. The van der Waals surface area contributed by atoms with Gasteiger partial charge in [0.25, 0.3) is 0 Å². The molecule has 0 bridgehead atoms. The largest absolute Gasteiger partial charge is 0.366 e. The van der Waals surface area contributed by atoms with Crippen LogP contribution in [0.4, 0.5) is 5.69 Å². The third kappa shape index (κ3) is 7.43. The van der Waals surface area contributed by atoms with Crippen LogP contribution in [0.3, 0.4) is 0 Å². The number of carbonyl (C=O) groups is 1. The molecule has 0 saturated carbocycles. The summed E-state index contributed by atoms with van der Waals surface area (Å²) in [7, 11) is -7.00. The van der Waals surface area contributed by atoms with Gasteiger partial charge in [-0.15, -0.1) is 9.81 Å². The van der Waals surface area contributed by atoms with E-state index < -0.39 is 37.0 Å². The lowest BCUT2D eigenvalue weighted by Crippen LogP contribution is -2.52. The number of amides is 1. The van der Waals surface area contributed by atoms with Gasteiger partial charge in [-0.25, -0.2) is 22.0 Å². The Labute approximate surface area is 199 Å². The molecule has 1 unspecified atom stereocenters. The highest BCUT2D eigenvalue weighted by Gasteiger charge is 2.33. The van der Waals surface area contributed by atoms with Crippen LogP contribution in [-0.4, -0.2) is 85.1 Å². The van der Waals surface area contributed by atoms with Crippen molar-refractivity contribution in [2.45, 2.75) is 16.0 Å². The van der Waals surface area contributed by atoms with E-state index in [1.807, 2.05) is 0 Å². The SMILES string of the molecule is CN(CC1Nc2cc(Cl)c(S(N)(=O)=O)cc2S(=O)(=O)N1)C(=O)CN(CCON=O)CCON=O. The van der Waals surface area contributed by atoms with Crippen molar-refractivity contribution in [3.8, 4) is 0 Å². The maximum Gasteiger partial charge on any atom is 0.244 e. The molecule has 4 N–H and O–H groups in total. The minimum atomic E-state index is -4.26. The Balaban J connectivity index is 2.10. The number of primary sulfonamides is 1. The third-order valence-corrected chi connectivity index (χ3v) is 7.49. The highest BCUT2D eigenvalue weighted by Crippen LogP contribution is 2.33. The molecule has 0 aromatic heterocycles. The van der Waals surface area contributed by atoms with E-state index in [-0.39, 0.29) is 55.0 Å². The predicted molar refractivity (Wildman–Crippen MR) is 118 cm³/mol. The van der Waals surface area contributed by atoms with Crippen molar-refractivity contribution in [3.63, 3.8) is 0 Å². The summed E-state index contributed by atoms with van der Waals surface area (Å²) in [5.74, 6) is -0.437. The van der Waals surface area contributed by atoms with Gasteiger partial charge >= 0.3 is 0 Å². The number of rotatable bonds is 13. The van der Waals surface area contributed by atoms with Gasteiger partial charge in [0.1, 0.15) is 29.2 Å². The van der Waals surface area contributed by atoms with E-state index in [1.165, 1.54) is 16.8 Å². The first kappa shape index (κ1) is 27.6. The van der Waals surface area contributed by atoms with Crippen LogP contribution in [0, 0.1) is 9.81 Å². The number of likely N-dealkylation sites (N-methyl/N-ethyl adjacent to an activating group) is 1. The summed E-state index contributed by atoms with van der Waals surface area (Å²) in [4.78, 5) is 43.3. The molecule has 0 fully saturated rings. The second kappa shape index (κ2) is 11.7. The molecule has 0 saturated heterocycles. The maximum absolute atomic E-state index is 12.7. The van der Waals surface area contributed by atoms with Crippen molar-refractivity contribution in [2.24, 2.45) is 15.8 Å². The smallest absolute Gasteiger partial charge is 0.244 e. The maximum atomic E-state index is 12.7. The molecule has 1 heterocycles. The molecular weight excluding hydrogens is 522 g/mol. The van der Waals surface area contributed by atoms with Crippen LogP contribution in [0.5, 0.6) is 0 Å². The molecule has 0 aliphatic carbocycles. The van der Waals surface area contributed by atoms with Gasteiger partial charge in [-0.2, -0.15) is 4.72 Å². The van der Waals surface area contributed by atoms with Gasteiger partial charge in [-0.1, -0.05) is 11.6 Å². The second-order valence-electron chi connectivity index (χ2n) is 7.01. The number of benzene rings is 1. The van der Waals surface area contributed by atoms with E-state index in [0.29, 0.717) is 0 Å². The first-order chi connectivity index (χ1) is 15.9. The molecule has 34 heavy (non-hydrogen) atoms. The fourth-order valence-corrected chi connectivity index (χ4v) is 5.50. The van der Waals surface area contributed by atoms with Gasteiger partial charge in [-0.05, 0) is 12.1 Å². The van der Waals surface area contributed by atoms with E-state index in [4.69, 9.17) is 16.7 Å². The van der Waals surface area contributed by atoms with Crippen LogP contribution in [0.2, 0.25) is 5.02 Å². The zero-order chi connectivity index (χ0) is 25.5. The molecule has 0 spiro atoms. The van der Waals surface area contributed by atoms with Crippen LogP contribution in [-0.2, 0) is 34.5 Å². The molecule has 2 rings (SSSR count). The summed E-state index contributed by atoms with van der Waals surface area (Å²) >= 11 is 5.95. The molecule has 1 aromatic carbocycles. The Hall–Kier alpha value is -2.64. The molecule has 1 amide bonds. The number of fused-ring (bicyclic) bond motifs is 1. The average molecular weight is 544 g/mol. The number of anilines is 1. The Morgan fingerprint density at radius 3 is 2.32 bits per heavy atom. The number of nitrogens with two attached hydrogens (primary N) is 1. The normalized spacial score (nSPS) is 16.8. The Morgan fingerprint density at radius 1 is 1.21 bits per heavy atom. The number of nitrogens with one attached hydrogen (secondary N) is 2. The molecule has 1 aromatic rings. The second-order valence-corrected chi connectivity index (χ2v) is 10.6. The number of sulfonamides is 2. The molecule has 16 nitrogen and oxygen atoms in total. The van der Waals surface area contributed by atoms with Gasteiger partial charge in [0.2, 0.25) is 26.0 Å². The lowest BCUT2D eigenvalue weighted by Gasteiger charge is -2.32. The molecule has 1 atom stereocenters. The standard InChI is InChI=1S/C15H22ClN7O9S2/c1-22(15(24)9-23(2-4-31-20-25)3-5-32-21-26)8-14-18-11-6-10(16)12(33(17,27)28)7-13(11)34(29,30)19-14/h6-7,14,18-19H,2-5,8-9H2,1H3,(H2,17,27,28). The van der Waals surface area contributed by atoms with Crippen molar-refractivity contribution in [3.05, 3.63) is 27.0 Å². The number of carbonyl (C=O) groups excluding carboxylic acids is 1. The van der Waals surface area contributed by atoms with E-state index in [2.05, 4.69) is 30.4 Å². The highest BCUT2D eigenvalue weighted by atomic mass is 35.5. The summed E-state index contributed by atoms with van der Waals surface area (Å²) in [6, 6.07) is 1.96. The Kier molecular flexibility index (Phi) is 9.47. The lowest BCUT2D eigenvalue weighted by molar-refractivity contribution is -0.131. The van der Waals surface area contributed by atoms with Gasteiger partial charge in [-0.3, -0.25) is 9.69 Å². The number of nitrogens with zero attached hydrogens (tertiary/aromatic N) is 4. The topological polar surface area (TPSA) is 219 Å². The first-order valence-electron chi connectivity index (χ1n) is 9.40. The van der Waals surface area contributed by atoms with Crippen molar-refractivity contribution in [1.29, 1.82) is 0 Å². The molecule has 19 heteroatoms. The molecule has 190 valence electrons. The van der Waals surface area contributed by atoms with E-state index in [9.17, 15) is 31.4 Å². The molecule has 0 radical (unpaired) electrons. The van der Waals surface area contributed by atoms with Crippen LogP contribution in [0.1, 0.15) is 0 Å². The van der Waals surface area contributed by atoms with Gasteiger partial charge in [0.05, 0.1) is 23.8 Å². The minimum Gasteiger partial charge on any atom is -0.366 e. The average Bonchev–Trinajstić information content (AvgIpc) is 2.71. The van der Waals surface area contributed by atoms with Gasteiger partial charge in [0, 0.05) is 20.1 Å². The number of halogens is 1. The van der Waals surface area contributed by atoms with E-state index in [1.54, 1.807) is 0 Å². The number of hydrogen-bond acceptors (Lipinski definition) is 13. The fraction of sp³-hybridized carbons (Fsp3) is 0.533. The number of hydrogen-bond donors (Lipinski definition) is 3. The van der Waals surface area contributed by atoms with E-state index in [0.717, 1.165) is 12.1 Å². The molecular formula is C15H22ClN7O9S2. The quantitative estimate of drug-likeness (QED) is 0.158. The van der Waals surface area contributed by atoms with Crippen molar-refractivity contribution in [1.82, 2.24) is 14.5 Å². The third-order valence-electron chi connectivity index (χ3n) is 4.60. The Bertz CT molecular complexity index is 1120. The Morgan fingerprint density at radius 2 is 1.79 bits per heavy atom. The van der Waals surface area contributed by atoms with Crippen molar-refractivity contribution in [2.75, 3.05) is 51.8 Å². The fourth-order valence-electron chi connectivity index (χ4n) is 3.01. The monoisotopic (exact) mass is 543 g/mol. The van der Waals surface area contributed by atoms with Crippen LogP contribution in [0.25, 0.3) is 0 Å². The molecule has 1 aliphatic rings. The lowest BCUT2D eigenvalue weighted by atomic mass is 10.3. The zero-order valence-corrected chi connectivity index (χ0v) is 20.1. The zero-order valence-electron chi connectivity index (χ0n) is 17.7. The minimum absolute atomic E-state index is 0.0284. The first-order valence-corrected chi connectivity index (χ1v) is 12.8. The van der Waals surface area contributed by atoms with Gasteiger partial charge < -0.3 is 19.9 Å². The summed E-state index contributed by atoms with van der Waals surface area (Å²) in [5.41, 5.74) is 0.0284. The summed E-state index contributed by atoms with van der Waals surface area (Å²) in [5, 5.41) is 12.2.